The summed E-state index contributed by atoms with van der Waals surface area (Å²) in [6, 6.07) is 16.3. The standard InChI is InChI=1S/C16H17NO3/c1-2-19-12-20-15-10-8-13(9-11-15)16(18)17-14-6-4-3-5-7-14/h3-11H,2,12H2,1H3,(H,17,18). The summed E-state index contributed by atoms with van der Waals surface area (Å²) in [6.07, 6.45) is 0. The molecule has 0 fully saturated rings. The van der Waals surface area contributed by atoms with Crippen LogP contribution in [0.15, 0.2) is 54.6 Å². The van der Waals surface area contributed by atoms with Crippen LogP contribution < -0.4 is 10.1 Å². The van der Waals surface area contributed by atoms with Crippen LogP contribution in [0.4, 0.5) is 5.69 Å². The SMILES string of the molecule is CCOCOc1ccc(C(=O)Nc2ccccc2)cc1. The molecule has 4 heteroatoms. The Balaban J connectivity index is 1.94. The normalized spacial score (nSPS) is 10.1. The van der Waals surface area contributed by atoms with Crippen molar-refractivity contribution in [3.05, 3.63) is 60.2 Å². The van der Waals surface area contributed by atoms with Crippen LogP contribution in [0, 0.1) is 0 Å². The van der Waals surface area contributed by atoms with Gasteiger partial charge in [0.2, 0.25) is 0 Å². The van der Waals surface area contributed by atoms with Gasteiger partial charge in [0.15, 0.2) is 6.79 Å². The fraction of sp³-hybridized carbons (Fsp3) is 0.188. The highest BCUT2D eigenvalue weighted by atomic mass is 16.7. The van der Waals surface area contributed by atoms with Gasteiger partial charge >= 0.3 is 0 Å². The van der Waals surface area contributed by atoms with Gasteiger partial charge in [0.25, 0.3) is 5.91 Å². The predicted molar refractivity (Wildman–Crippen MR) is 78.0 cm³/mol. The summed E-state index contributed by atoms with van der Waals surface area (Å²) in [5, 5.41) is 2.83. The first-order valence-corrected chi connectivity index (χ1v) is 6.46. The molecule has 0 heterocycles. The summed E-state index contributed by atoms with van der Waals surface area (Å²) in [7, 11) is 0. The second-order valence-electron chi connectivity index (χ2n) is 4.10. The summed E-state index contributed by atoms with van der Waals surface area (Å²) in [5.74, 6) is 0.530. The lowest BCUT2D eigenvalue weighted by atomic mass is 10.2. The molecule has 20 heavy (non-hydrogen) atoms. The minimum Gasteiger partial charge on any atom is -0.468 e. The van der Waals surface area contributed by atoms with Crippen LogP contribution in [0.1, 0.15) is 17.3 Å². The molecule has 0 spiro atoms. The minimum absolute atomic E-state index is 0.146. The molecular formula is C16H17NO3. The third-order valence-electron chi connectivity index (χ3n) is 2.66. The summed E-state index contributed by atoms with van der Waals surface area (Å²) in [6.45, 7) is 2.73. The van der Waals surface area contributed by atoms with Crippen LogP contribution in [0.25, 0.3) is 0 Å². The molecule has 2 rings (SSSR count). The van der Waals surface area contributed by atoms with Gasteiger partial charge < -0.3 is 14.8 Å². The molecular weight excluding hydrogens is 254 g/mol. The van der Waals surface area contributed by atoms with Gasteiger partial charge in [-0.05, 0) is 43.3 Å². The molecule has 0 saturated heterocycles. The highest BCUT2D eigenvalue weighted by Gasteiger charge is 2.05. The van der Waals surface area contributed by atoms with E-state index in [1.165, 1.54) is 0 Å². The van der Waals surface area contributed by atoms with Gasteiger partial charge in [-0.1, -0.05) is 18.2 Å². The molecule has 0 radical (unpaired) electrons. The van der Waals surface area contributed by atoms with Crippen LogP contribution in [-0.2, 0) is 4.74 Å². The van der Waals surface area contributed by atoms with Crippen molar-refractivity contribution in [1.29, 1.82) is 0 Å². The number of nitrogens with one attached hydrogen (secondary N) is 1. The molecule has 1 N–H and O–H groups in total. The summed E-state index contributed by atoms with van der Waals surface area (Å²) in [4.78, 5) is 12.0. The second-order valence-corrected chi connectivity index (χ2v) is 4.10. The van der Waals surface area contributed by atoms with Crippen LogP contribution in [0.3, 0.4) is 0 Å². The Kier molecular flexibility index (Phi) is 5.15. The molecule has 0 aromatic heterocycles. The number of rotatable bonds is 6. The molecule has 0 bridgehead atoms. The lowest BCUT2D eigenvalue weighted by Crippen LogP contribution is -2.11. The number of para-hydroxylation sites is 1. The number of anilines is 1. The Labute approximate surface area is 118 Å². The van der Waals surface area contributed by atoms with Gasteiger partial charge in [-0.3, -0.25) is 4.79 Å². The molecule has 0 atom stereocenters. The van der Waals surface area contributed by atoms with E-state index in [2.05, 4.69) is 5.32 Å². The van der Waals surface area contributed by atoms with Crippen molar-refractivity contribution >= 4 is 11.6 Å². The van der Waals surface area contributed by atoms with E-state index in [-0.39, 0.29) is 12.7 Å². The molecule has 0 aliphatic carbocycles. The van der Waals surface area contributed by atoms with Crippen LogP contribution in [-0.4, -0.2) is 19.3 Å². The van der Waals surface area contributed by atoms with E-state index < -0.39 is 0 Å². The first-order valence-electron chi connectivity index (χ1n) is 6.46. The smallest absolute Gasteiger partial charge is 0.255 e. The number of ether oxygens (including phenoxy) is 2. The zero-order chi connectivity index (χ0) is 14.2. The van der Waals surface area contributed by atoms with E-state index >= 15 is 0 Å². The number of hydrogen-bond donors (Lipinski definition) is 1. The third kappa shape index (κ3) is 4.10. The fourth-order valence-electron chi connectivity index (χ4n) is 1.62. The molecule has 1 amide bonds. The number of amides is 1. The van der Waals surface area contributed by atoms with E-state index in [4.69, 9.17) is 9.47 Å². The number of carbonyl (C=O) groups excluding carboxylic acids is 1. The van der Waals surface area contributed by atoms with Crippen molar-refractivity contribution in [2.45, 2.75) is 6.92 Å². The summed E-state index contributed by atoms with van der Waals surface area (Å²) in [5.41, 5.74) is 1.35. The van der Waals surface area contributed by atoms with Gasteiger partial charge in [-0.2, -0.15) is 0 Å². The second kappa shape index (κ2) is 7.31. The maximum Gasteiger partial charge on any atom is 0.255 e. The van der Waals surface area contributed by atoms with Crippen molar-refractivity contribution in [2.75, 3.05) is 18.7 Å². The fourth-order valence-corrected chi connectivity index (χ4v) is 1.62. The zero-order valence-corrected chi connectivity index (χ0v) is 11.3. The van der Waals surface area contributed by atoms with E-state index in [1.54, 1.807) is 24.3 Å². The van der Waals surface area contributed by atoms with Crippen molar-refractivity contribution in [3.63, 3.8) is 0 Å². The number of carbonyl (C=O) groups is 1. The Morgan fingerprint density at radius 3 is 2.40 bits per heavy atom. The van der Waals surface area contributed by atoms with Crippen molar-refractivity contribution in [2.24, 2.45) is 0 Å². The lowest BCUT2D eigenvalue weighted by Gasteiger charge is -2.07. The van der Waals surface area contributed by atoms with Gasteiger partial charge in [-0.25, -0.2) is 0 Å². The van der Waals surface area contributed by atoms with E-state index in [0.29, 0.717) is 17.9 Å². The predicted octanol–water partition coefficient (Wildman–Crippen LogP) is 3.31. The lowest BCUT2D eigenvalue weighted by molar-refractivity contribution is 0.0224. The number of benzene rings is 2. The molecule has 2 aromatic carbocycles. The van der Waals surface area contributed by atoms with E-state index in [9.17, 15) is 4.79 Å². The molecule has 4 nitrogen and oxygen atoms in total. The quantitative estimate of drug-likeness (QED) is 0.647. The Bertz CT molecular complexity index is 537. The average Bonchev–Trinajstić information content (AvgIpc) is 2.49. The highest BCUT2D eigenvalue weighted by molar-refractivity contribution is 6.04. The minimum atomic E-state index is -0.146. The van der Waals surface area contributed by atoms with Crippen molar-refractivity contribution < 1.29 is 14.3 Å². The van der Waals surface area contributed by atoms with Crippen molar-refractivity contribution in [3.8, 4) is 5.75 Å². The van der Waals surface area contributed by atoms with Crippen LogP contribution in [0.2, 0.25) is 0 Å². The molecule has 0 saturated carbocycles. The van der Waals surface area contributed by atoms with Crippen LogP contribution >= 0.6 is 0 Å². The summed E-state index contributed by atoms with van der Waals surface area (Å²) < 4.78 is 10.4. The molecule has 104 valence electrons. The maximum absolute atomic E-state index is 12.0. The topological polar surface area (TPSA) is 47.6 Å². The van der Waals surface area contributed by atoms with Gasteiger partial charge in [0.1, 0.15) is 5.75 Å². The third-order valence-corrected chi connectivity index (χ3v) is 2.66. The van der Waals surface area contributed by atoms with Crippen molar-refractivity contribution in [1.82, 2.24) is 0 Å². The Hall–Kier alpha value is -2.33. The van der Waals surface area contributed by atoms with Gasteiger partial charge in [0.05, 0.1) is 0 Å². The van der Waals surface area contributed by atoms with Gasteiger partial charge in [0, 0.05) is 17.9 Å². The molecule has 2 aromatic rings. The molecule has 0 aliphatic rings. The Morgan fingerprint density at radius 1 is 1.05 bits per heavy atom. The largest absolute Gasteiger partial charge is 0.468 e. The van der Waals surface area contributed by atoms with E-state index in [1.807, 2.05) is 37.3 Å². The zero-order valence-electron chi connectivity index (χ0n) is 11.3. The number of hydrogen-bond acceptors (Lipinski definition) is 3. The molecule has 0 aliphatic heterocycles. The van der Waals surface area contributed by atoms with Crippen LogP contribution in [0.5, 0.6) is 5.75 Å². The maximum atomic E-state index is 12.0. The molecule has 0 unspecified atom stereocenters. The first-order chi connectivity index (χ1) is 9.79. The van der Waals surface area contributed by atoms with Gasteiger partial charge in [-0.15, -0.1) is 0 Å². The average molecular weight is 271 g/mol. The first kappa shape index (κ1) is 14.1. The monoisotopic (exact) mass is 271 g/mol. The summed E-state index contributed by atoms with van der Waals surface area (Å²) >= 11 is 0. The Morgan fingerprint density at radius 2 is 1.75 bits per heavy atom. The van der Waals surface area contributed by atoms with E-state index in [0.717, 1.165) is 5.69 Å². The highest BCUT2D eigenvalue weighted by Crippen LogP contribution is 2.14.